The number of esters is 1. The molecule has 0 heterocycles. The van der Waals surface area contributed by atoms with Gasteiger partial charge in [-0.2, -0.15) is 0 Å². The summed E-state index contributed by atoms with van der Waals surface area (Å²) in [6.07, 6.45) is 3.61. The number of nitrogens with zero attached hydrogens (tertiary/aromatic N) is 1. The average Bonchev–Trinajstić information content (AvgIpc) is 2.61. The fourth-order valence-electron chi connectivity index (χ4n) is 1.91. The van der Waals surface area contributed by atoms with E-state index in [1.807, 2.05) is 54.7 Å². The predicted octanol–water partition coefficient (Wildman–Crippen LogP) is 4.24. The summed E-state index contributed by atoms with van der Waals surface area (Å²) in [6, 6.07) is 15.7. The Morgan fingerprint density at radius 2 is 1.79 bits per heavy atom. The summed E-state index contributed by atoms with van der Waals surface area (Å²) in [6.45, 7) is 6.20. The Labute approximate surface area is 142 Å². The minimum atomic E-state index is -0.410. The van der Waals surface area contributed by atoms with Crippen LogP contribution in [0.1, 0.15) is 17.5 Å². The molecule has 0 amide bonds. The molecule has 0 bridgehead atoms. The number of carbonyl (C=O) groups excluding carboxylic acids is 1. The van der Waals surface area contributed by atoms with E-state index in [-0.39, 0.29) is 0 Å². The molecule has 0 saturated carbocycles. The van der Waals surface area contributed by atoms with Crippen LogP contribution in [0.2, 0.25) is 0 Å². The van der Waals surface area contributed by atoms with Gasteiger partial charge in [0.05, 0.1) is 18.9 Å². The van der Waals surface area contributed by atoms with Crippen molar-refractivity contribution in [2.45, 2.75) is 13.3 Å². The third-order valence-electron chi connectivity index (χ3n) is 3.25. The first-order valence-corrected chi connectivity index (χ1v) is 7.80. The van der Waals surface area contributed by atoms with Crippen molar-refractivity contribution in [1.82, 2.24) is 0 Å². The van der Waals surface area contributed by atoms with Crippen LogP contribution < -0.4 is 4.74 Å². The SMILES string of the molecule is C=CC(=O)OCCCOc1ccc(C=Nc2ccc(C)cc2)cc1. The molecule has 4 nitrogen and oxygen atoms in total. The smallest absolute Gasteiger partial charge is 0.330 e. The maximum absolute atomic E-state index is 10.9. The molecule has 0 aliphatic rings. The lowest BCUT2D eigenvalue weighted by atomic mass is 10.2. The number of hydrogen-bond acceptors (Lipinski definition) is 4. The number of ether oxygens (including phenoxy) is 2. The molecule has 0 fully saturated rings. The van der Waals surface area contributed by atoms with Crippen molar-refractivity contribution >= 4 is 17.9 Å². The fraction of sp³-hybridized carbons (Fsp3) is 0.200. The van der Waals surface area contributed by atoms with Gasteiger partial charge in [-0.25, -0.2) is 4.79 Å². The Kier molecular flexibility index (Phi) is 6.77. The van der Waals surface area contributed by atoms with Crippen LogP contribution in [-0.2, 0) is 9.53 Å². The summed E-state index contributed by atoms with van der Waals surface area (Å²) in [5.41, 5.74) is 3.15. The summed E-state index contributed by atoms with van der Waals surface area (Å²) in [5, 5.41) is 0. The zero-order chi connectivity index (χ0) is 17.2. The minimum absolute atomic E-state index is 0.326. The van der Waals surface area contributed by atoms with Crippen LogP contribution in [0, 0.1) is 6.92 Å². The summed E-state index contributed by atoms with van der Waals surface area (Å²) in [5.74, 6) is 0.366. The maximum atomic E-state index is 10.9. The zero-order valence-corrected chi connectivity index (χ0v) is 13.8. The average molecular weight is 323 g/mol. The van der Waals surface area contributed by atoms with Gasteiger partial charge in [0.2, 0.25) is 0 Å². The zero-order valence-electron chi connectivity index (χ0n) is 13.8. The molecule has 2 aromatic carbocycles. The third kappa shape index (κ3) is 6.08. The number of benzene rings is 2. The molecule has 24 heavy (non-hydrogen) atoms. The van der Waals surface area contributed by atoms with Crippen LogP contribution >= 0.6 is 0 Å². The molecule has 0 spiro atoms. The van der Waals surface area contributed by atoms with Gasteiger partial charge in [0.1, 0.15) is 5.75 Å². The highest BCUT2D eigenvalue weighted by atomic mass is 16.5. The number of rotatable bonds is 8. The molecular formula is C20H21NO3. The fourth-order valence-corrected chi connectivity index (χ4v) is 1.91. The summed E-state index contributed by atoms with van der Waals surface area (Å²) >= 11 is 0. The van der Waals surface area contributed by atoms with Crippen molar-refractivity contribution in [2.24, 2.45) is 4.99 Å². The van der Waals surface area contributed by atoms with Crippen molar-refractivity contribution in [1.29, 1.82) is 0 Å². The van der Waals surface area contributed by atoms with Crippen LogP contribution in [0.25, 0.3) is 0 Å². The second-order valence-electron chi connectivity index (χ2n) is 5.24. The van der Waals surface area contributed by atoms with E-state index in [9.17, 15) is 4.79 Å². The van der Waals surface area contributed by atoms with Gasteiger partial charge in [-0.05, 0) is 48.9 Å². The topological polar surface area (TPSA) is 47.9 Å². The van der Waals surface area contributed by atoms with Crippen LogP contribution in [0.4, 0.5) is 5.69 Å². The molecule has 2 rings (SSSR count). The van der Waals surface area contributed by atoms with Crippen molar-refractivity contribution in [3.63, 3.8) is 0 Å². The first-order chi connectivity index (χ1) is 11.7. The molecule has 0 N–H and O–H groups in total. The lowest BCUT2D eigenvalue weighted by Crippen LogP contribution is -2.06. The summed E-state index contributed by atoms with van der Waals surface area (Å²) < 4.78 is 10.5. The molecule has 4 heteroatoms. The number of carbonyl (C=O) groups is 1. The Morgan fingerprint density at radius 3 is 2.46 bits per heavy atom. The van der Waals surface area contributed by atoms with E-state index in [2.05, 4.69) is 18.5 Å². The summed E-state index contributed by atoms with van der Waals surface area (Å²) in [7, 11) is 0. The van der Waals surface area contributed by atoms with Crippen molar-refractivity contribution < 1.29 is 14.3 Å². The van der Waals surface area contributed by atoms with Gasteiger partial charge in [0.25, 0.3) is 0 Å². The normalized spacial score (nSPS) is 10.5. The van der Waals surface area contributed by atoms with E-state index >= 15 is 0 Å². The van der Waals surface area contributed by atoms with E-state index in [0.717, 1.165) is 23.1 Å². The number of hydrogen-bond donors (Lipinski definition) is 0. The lowest BCUT2D eigenvalue weighted by Gasteiger charge is -2.06. The number of aliphatic imine (C=N–C) groups is 1. The van der Waals surface area contributed by atoms with Gasteiger partial charge in [-0.15, -0.1) is 0 Å². The maximum Gasteiger partial charge on any atom is 0.330 e. The van der Waals surface area contributed by atoms with Gasteiger partial charge >= 0.3 is 5.97 Å². The molecule has 0 radical (unpaired) electrons. The molecule has 0 aliphatic heterocycles. The van der Waals surface area contributed by atoms with E-state index in [1.54, 1.807) is 0 Å². The van der Waals surface area contributed by atoms with Crippen molar-refractivity contribution in [3.8, 4) is 5.75 Å². The van der Waals surface area contributed by atoms with Crippen molar-refractivity contribution in [2.75, 3.05) is 13.2 Å². The lowest BCUT2D eigenvalue weighted by molar-refractivity contribution is -0.137. The highest BCUT2D eigenvalue weighted by molar-refractivity contribution is 5.82. The van der Waals surface area contributed by atoms with Gasteiger partial charge in [-0.3, -0.25) is 4.99 Å². The van der Waals surface area contributed by atoms with Crippen molar-refractivity contribution in [3.05, 3.63) is 72.3 Å². The second kappa shape index (κ2) is 9.30. The molecule has 0 saturated heterocycles. The Bertz CT molecular complexity index is 688. The predicted molar refractivity (Wildman–Crippen MR) is 96.1 cm³/mol. The van der Waals surface area contributed by atoms with Crippen LogP contribution in [0.15, 0.2) is 66.2 Å². The van der Waals surface area contributed by atoms with Gasteiger partial charge in [0, 0.05) is 18.7 Å². The minimum Gasteiger partial charge on any atom is -0.493 e. The summed E-state index contributed by atoms with van der Waals surface area (Å²) in [4.78, 5) is 15.3. The number of aryl methyl sites for hydroxylation is 1. The van der Waals surface area contributed by atoms with Crippen LogP contribution in [-0.4, -0.2) is 25.4 Å². The first kappa shape index (κ1) is 17.5. The third-order valence-corrected chi connectivity index (χ3v) is 3.25. The van der Waals surface area contributed by atoms with E-state index in [4.69, 9.17) is 9.47 Å². The Hall–Kier alpha value is -2.88. The van der Waals surface area contributed by atoms with Crippen LogP contribution in [0.5, 0.6) is 5.75 Å². The quantitative estimate of drug-likeness (QED) is 0.316. The van der Waals surface area contributed by atoms with Gasteiger partial charge in [-0.1, -0.05) is 24.3 Å². The molecule has 2 aromatic rings. The second-order valence-corrected chi connectivity index (χ2v) is 5.24. The molecule has 0 aromatic heterocycles. The van der Waals surface area contributed by atoms with E-state index in [0.29, 0.717) is 19.6 Å². The van der Waals surface area contributed by atoms with Crippen LogP contribution in [0.3, 0.4) is 0 Å². The monoisotopic (exact) mass is 323 g/mol. The standard InChI is InChI=1S/C20H21NO3/c1-3-20(22)24-14-4-13-23-19-11-7-17(8-12-19)15-21-18-9-5-16(2)6-10-18/h3,5-12,15H,1,4,13-14H2,2H3. The molecule has 0 unspecified atom stereocenters. The highest BCUT2D eigenvalue weighted by Gasteiger charge is 1.97. The molecule has 124 valence electrons. The van der Waals surface area contributed by atoms with E-state index < -0.39 is 5.97 Å². The Balaban J connectivity index is 1.77. The Morgan fingerprint density at radius 1 is 1.08 bits per heavy atom. The molecule has 0 aliphatic carbocycles. The van der Waals surface area contributed by atoms with Gasteiger partial charge in [0.15, 0.2) is 0 Å². The highest BCUT2D eigenvalue weighted by Crippen LogP contribution is 2.14. The van der Waals surface area contributed by atoms with E-state index in [1.165, 1.54) is 5.56 Å². The van der Waals surface area contributed by atoms with Gasteiger partial charge < -0.3 is 9.47 Å². The largest absolute Gasteiger partial charge is 0.493 e. The first-order valence-electron chi connectivity index (χ1n) is 7.80. The molecular weight excluding hydrogens is 302 g/mol. The molecule has 0 atom stereocenters.